The average molecular weight is 360 g/mol. The number of rotatable bonds is 8. The highest BCUT2D eigenvalue weighted by molar-refractivity contribution is 5.80. The second-order valence-corrected chi connectivity index (χ2v) is 7.57. The van der Waals surface area contributed by atoms with Crippen LogP contribution in [0.15, 0.2) is 35.3 Å². The fourth-order valence-electron chi connectivity index (χ4n) is 4.10. The van der Waals surface area contributed by atoms with Gasteiger partial charge in [-0.1, -0.05) is 36.8 Å². The van der Waals surface area contributed by atoms with E-state index in [9.17, 15) is 0 Å². The van der Waals surface area contributed by atoms with Crippen molar-refractivity contribution in [2.75, 3.05) is 53.6 Å². The molecule has 1 aliphatic carbocycles. The van der Waals surface area contributed by atoms with E-state index >= 15 is 0 Å². The van der Waals surface area contributed by atoms with Gasteiger partial charge in [0.05, 0.1) is 19.8 Å². The Balaban J connectivity index is 1.49. The van der Waals surface area contributed by atoms with E-state index in [1.165, 1.54) is 24.8 Å². The van der Waals surface area contributed by atoms with Crippen LogP contribution in [0.25, 0.3) is 0 Å². The molecule has 0 aromatic heterocycles. The number of methoxy groups -OCH3 is 1. The molecule has 2 aliphatic rings. The average Bonchev–Trinajstić information content (AvgIpc) is 3.10. The first kappa shape index (κ1) is 19.2. The van der Waals surface area contributed by atoms with E-state index in [1.807, 2.05) is 7.05 Å². The molecule has 1 saturated heterocycles. The fraction of sp³-hybridized carbons (Fsp3) is 0.667. The van der Waals surface area contributed by atoms with Crippen LogP contribution in [0.4, 0.5) is 0 Å². The monoisotopic (exact) mass is 359 g/mol. The minimum atomic E-state index is 0.277. The van der Waals surface area contributed by atoms with Gasteiger partial charge in [0.15, 0.2) is 5.96 Å². The van der Waals surface area contributed by atoms with Crippen LogP contribution < -0.4 is 5.32 Å². The first-order valence-electron chi connectivity index (χ1n) is 9.85. The molecule has 1 aromatic carbocycles. The van der Waals surface area contributed by atoms with E-state index in [1.54, 1.807) is 7.11 Å². The molecular weight excluding hydrogens is 326 g/mol. The fourth-order valence-corrected chi connectivity index (χ4v) is 4.10. The number of benzene rings is 1. The summed E-state index contributed by atoms with van der Waals surface area (Å²) in [5, 5.41) is 3.66. The van der Waals surface area contributed by atoms with Gasteiger partial charge in [-0.25, -0.2) is 0 Å². The van der Waals surface area contributed by atoms with Crippen molar-refractivity contribution in [3.63, 3.8) is 0 Å². The van der Waals surface area contributed by atoms with Crippen LogP contribution >= 0.6 is 0 Å². The quantitative estimate of drug-likeness (QED) is 0.440. The molecule has 0 bridgehead atoms. The molecule has 3 rings (SSSR count). The van der Waals surface area contributed by atoms with Gasteiger partial charge >= 0.3 is 0 Å². The Morgan fingerprint density at radius 3 is 2.73 bits per heavy atom. The lowest BCUT2D eigenvalue weighted by Crippen LogP contribution is -2.49. The molecule has 1 heterocycles. The lowest BCUT2D eigenvalue weighted by molar-refractivity contribution is 0.0536. The van der Waals surface area contributed by atoms with Crippen molar-refractivity contribution in [1.29, 1.82) is 0 Å². The predicted molar refractivity (Wildman–Crippen MR) is 106 cm³/mol. The molecule has 5 nitrogen and oxygen atoms in total. The van der Waals surface area contributed by atoms with Gasteiger partial charge in [-0.3, -0.25) is 4.99 Å². The zero-order valence-electron chi connectivity index (χ0n) is 16.2. The second-order valence-electron chi connectivity index (χ2n) is 7.57. The maximum absolute atomic E-state index is 5.71. The van der Waals surface area contributed by atoms with Crippen molar-refractivity contribution >= 4 is 5.96 Å². The zero-order valence-corrected chi connectivity index (χ0v) is 16.2. The summed E-state index contributed by atoms with van der Waals surface area (Å²) in [5.41, 5.74) is 1.74. The Labute approximate surface area is 157 Å². The van der Waals surface area contributed by atoms with Crippen molar-refractivity contribution in [3.8, 4) is 0 Å². The van der Waals surface area contributed by atoms with E-state index < -0.39 is 0 Å². The van der Waals surface area contributed by atoms with Gasteiger partial charge < -0.3 is 19.7 Å². The Hall–Kier alpha value is -1.59. The molecule has 1 N–H and O–H groups in total. The summed E-state index contributed by atoms with van der Waals surface area (Å²) in [6, 6.07) is 10.9. The SMILES string of the molecule is CN=C(NCC1(c2ccccc2)CCC1)N1CCC(COCCOC)C1. The molecule has 2 fully saturated rings. The van der Waals surface area contributed by atoms with Crippen LogP contribution in [0.2, 0.25) is 0 Å². The largest absolute Gasteiger partial charge is 0.382 e. The van der Waals surface area contributed by atoms with E-state index in [0.717, 1.165) is 38.6 Å². The Morgan fingerprint density at radius 1 is 1.27 bits per heavy atom. The molecule has 0 amide bonds. The molecule has 1 unspecified atom stereocenters. The summed E-state index contributed by atoms with van der Waals surface area (Å²) < 4.78 is 10.7. The first-order chi connectivity index (χ1) is 12.8. The molecule has 144 valence electrons. The van der Waals surface area contributed by atoms with Crippen LogP contribution in [0.3, 0.4) is 0 Å². The van der Waals surface area contributed by atoms with Crippen LogP contribution in [-0.4, -0.2) is 64.5 Å². The first-order valence-corrected chi connectivity index (χ1v) is 9.85. The number of likely N-dealkylation sites (tertiary alicyclic amines) is 1. The van der Waals surface area contributed by atoms with Gasteiger partial charge in [0.25, 0.3) is 0 Å². The summed E-state index contributed by atoms with van der Waals surface area (Å²) in [4.78, 5) is 6.92. The molecule has 5 heteroatoms. The van der Waals surface area contributed by atoms with Gasteiger partial charge in [-0.2, -0.15) is 0 Å². The molecular formula is C21H33N3O2. The molecule has 1 saturated carbocycles. The Morgan fingerprint density at radius 2 is 2.08 bits per heavy atom. The zero-order chi connectivity index (χ0) is 18.2. The molecule has 0 spiro atoms. The standard InChI is InChI=1S/C21H33N3O2/c1-22-20(24-12-9-18(15-24)16-26-14-13-25-2)23-17-21(10-6-11-21)19-7-4-3-5-8-19/h3-5,7-8,18H,6,9-17H2,1-2H3,(H,22,23). The third-order valence-electron chi connectivity index (χ3n) is 5.86. The van der Waals surface area contributed by atoms with E-state index in [-0.39, 0.29) is 5.41 Å². The predicted octanol–water partition coefficient (Wildman–Crippen LogP) is 2.67. The van der Waals surface area contributed by atoms with Crippen LogP contribution in [0.1, 0.15) is 31.2 Å². The maximum atomic E-state index is 5.71. The third-order valence-corrected chi connectivity index (χ3v) is 5.86. The van der Waals surface area contributed by atoms with Crippen molar-refractivity contribution in [1.82, 2.24) is 10.2 Å². The number of aliphatic imine (C=N–C) groups is 1. The summed E-state index contributed by atoms with van der Waals surface area (Å²) >= 11 is 0. The molecule has 0 radical (unpaired) electrons. The molecule has 1 atom stereocenters. The topological polar surface area (TPSA) is 46.1 Å². The summed E-state index contributed by atoms with van der Waals surface area (Å²) in [6.07, 6.45) is 5.01. The van der Waals surface area contributed by atoms with Crippen molar-refractivity contribution < 1.29 is 9.47 Å². The number of guanidine groups is 1. The number of nitrogens with zero attached hydrogens (tertiary/aromatic N) is 2. The van der Waals surface area contributed by atoms with Gasteiger partial charge in [0.1, 0.15) is 0 Å². The van der Waals surface area contributed by atoms with Crippen LogP contribution in [0.5, 0.6) is 0 Å². The van der Waals surface area contributed by atoms with E-state index in [4.69, 9.17) is 9.47 Å². The number of hydrogen-bond donors (Lipinski definition) is 1. The summed E-state index contributed by atoms with van der Waals surface area (Å²) in [7, 11) is 3.60. The smallest absolute Gasteiger partial charge is 0.193 e. The van der Waals surface area contributed by atoms with Gasteiger partial charge in [0, 0.05) is 45.1 Å². The van der Waals surface area contributed by atoms with E-state index in [2.05, 4.69) is 45.5 Å². The molecule has 26 heavy (non-hydrogen) atoms. The highest BCUT2D eigenvalue weighted by Crippen LogP contribution is 2.43. The van der Waals surface area contributed by atoms with Gasteiger partial charge in [-0.15, -0.1) is 0 Å². The highest BCUT2D eigenvalue weighted by Gasteiger charge is 2.39. The Kier molecular flexibility index (Phi) is 6.92. The Bertz CT molecular complexity index is 572. The lowest BCUT2D eigenvalue weighted by atomic mass is 9.64. The van der Waals surface area contributed by atoms with Crippen molar-refractivity contribution in [2.24, 2.45) is 10.9 Å². The number of nitrogens with one attached hydrogen (secondary N) is 1. The van der Waals surface area contributed by atoms with Gasteiger partial charge in [-0.05, 0) is 24.8 Å². The van der Waals surface area contributed by atoms with Crippen molar-refractivity contribution in [2.45, 2.75) is 31.1 Å². The van der Waals surface area contributed by atoms with Gasteiger partial charge in [0.2, 0.25) is 0 Å². The minimum absolute atomic E-state index is 0.277. The number of hydrogen-bond acceptors (Lipinski definition) is 3. The molecule has 1 aliphatic heterocycles. The highest BCUT2D eigenvalue weighted by atomic mass is 16.5. The van der Waals surface area contributed by atoms with Crippen LogP contribution in [-0.2, 0) is 14.9 Å². The second kappa shape index (κ2) is 9.38. The summed E-state index contributed by atoms with van der Waals surface area (Å²) in [6.45, 7) is 5.20. The van der Waals surface area contributed by atoms with Crippen LogP contribution in [0, 0.1) is 5.92 Å². The summed E-state index contributed by atoms with van der Waals surface area (Å²) in [5.74, 6) is 1.61. The minimum Gasteiger partial charge on any atom is -0.382 e. The van der Waals surface area contributed by atoms with Crippen molar-refractivity contribution in [3.05, 3.63) is 35.9 Å². The molecule has 1 aromatic rings. The lowest BCUT2D eigenvalue weighted by Gasteiger charge is -2.43. The maximum Gasteiger partial charge on any atom is 0.193 e. The normalized spacial score (nSPS) is 22.3. The number of ether oxygens (including phenoxy) is 2. The van der Waals surface area contributed by atoms with E-state index in [0.29, 0.717) is 19.1 Å². The third kappa shape index (κ3) is 4.57.